The molecule has 0 aliphatic rings. The molecule has 0 amide bonds. The molecule has 3 aromatic heterocycles. The summed E-state index contributed by atoms with van der Waals surface area (Å²) in [7, 11) is 0. The summed E-state index contributed by atoms with van der Waals surface area (Å²) in [6.07, 6.45) is 0. The summed E-state index contributed by atoms with van der Waals surface area (Å²) in [6.45, 7) is 5.47. The minimum atomic E-state index is -0.456. The number of ether oxygens (including phenoxy) is 1. The number of fused-ring (bicyclic) bond motifs is 1. The summed E-state index contributed by atoms with van der Waals surface area (Å²) in [5, 5.41) is 2.93. The highest BCUT2D eigenvalue weighted by Gasteiger charge is 2.24. The second-order valence-corrected chi connectivity index (χ2v) is 10.4. The molecule has 0 radical (unpaired) electrons. The highest BCUT2D eigenvalue weighted by atomic mass is 32.2. The van der Waals surface area contributed by atoms with E-state index >= 15 is 0 Å². The predicted molar refractivity (Wildman–Crippen MR) is 152 cm³/mol. The fourth-order valence-electron chi connectivity index (χ4n) is 4.44. The lowest BCUT2D eigenvalue weighted by atomic mass is 10.1. The van der Waals surface area contributed by atoms with E-state index in [1.54, 1.807) is 25.3 Å². The SMILES string of the molecule is CCOC(=O)c1c(C)[nH]c(C(=O)CSc2nc3scc(-c4ccccc4)c3c(=O)n2-c2ccccc2)c1C. The number of esters is 1. The molecule has 2 aromatic carbocycles. The van der Waals surface area contributed by atoms with Gasteiger partial charge < -0.3 is 9.72 Å². The molecule has 0 spiro atoms. The number of thiophene rings is 1. The zero-order chi connectivity index (χ0) is 26.8. The summed E-state index contributed by atoms with van der Waals surface area (Å²) >= 11 is 2.60. The van der Waals surface area contributed by atoms with Crippen molar-refractivity contribution in [2.24, 2.45) is 0 Å². The van der Waals surface area contributed by atoms with Crippen molar-refractivity contribution in [1.82, 2.24) is 14.5 Å². The highest BCUT2D eigenvalue weighted by Crippen LogP contribution is 2.33. The van der Waals surface area contributed by atoms with Crippen LogP contribution in [0.2, 0.25) is 0 Å². The first kappa shape index (κ1) is 25.7. The number of rotatable bonds is 8. The standard InChI is InChI=1S/C29H25N3O4S2/c1-4-36-28(35)23-17(2)25(30-18(23)3)22(33)16-38-29-31-26-24(21(15-37-26)19-11-7-5-8-12-19)27(34)32(29)20-13-9-6-10-14-20/h5-15,30H,4,16H2,1-3H3. The van der Waals surface area contributed by atoms with E-state index in [4.69, 9.17) is 9.72 Å². The molecule has 38 heavy (non-hydrogen) atoms. The van der Waals surface area contributed by atoms with Gasteiger partial charge in [-0.05, 0) is 44.0 Å². The smallest absolute Gasteiger partial charge is 0.340 e. The van der Waals surface area contributed by atoms with E-state index in [0.717, 1.165) is 11.1 Å². The molecule has 0 fully saturated rings. The molecular weight excluding hydrogens is 518 g/mol. The molecular formula is C29H25N3O4S2. The molecule has 7 nitrogen and oxygen atoms in total. The lowest BCUT2D eigenvalue weighted by Gasteiger charge is -2.12. The number of nitrogens with one attached hydrogen (secondary N) is 1. The second-order valence-electron chi connectivity index (χ2n) is 8.62. The molecule has 0 saturated heterocycles. The lowest BCUT2D eigenvalue weighted by molar-refractivity contribution is 0.0525. The van der Waals surface area contributed by atoms with Gasteiger partial charge in [0.2, 0.25) is 0 Å². The zero-order valence-electron chi connectivity index (χ0n) is 21.1. The number of benzene rings is 2. The van der Waals surface area contributed by atoms with Gasteiger partial charge in [0.25, 0.3) is 5.56 Å². The number of carbonyl (C=O) groups is 2. The van der Waals surface area contributed by atoms with Crippen LogP contribution in [-0.4, -0.2) is 38.6 Å². The molecule has 5 rings (SSSR count). The van der Waals surface area contributed by atoms with Crippen molar-refractivity contribution >= 4 is 45.1 Å². The van der Waals surface area contributed by atoms with E-state index in [-0.39, 0.29) is 23.7 Å². The Bertz CT molecular complexity index is 1700. The number of aromatic amines is 1. The Morgan fingerprint density at radius 2 is 1.74 bits per heavy atom. The maximum absolute atomic E-state index is 13.9. The Morgan fingerprint density at radius 3 is 2.42 bits per heavy atom. The van der Waals surface area contributed by atoms with Crippen molar-refractivity contribution in [3.8, 4) is 16.8 Å². The van der Waals surface area contributed by atoms with Gasteiger partial charge in [0.1, 0.15) is 4.83 Å². The van der Waals surface area contributed by atoms with Crippen molar-refractivity contribution in [1.29, 1.82) is 0 Å². The van der Waals surface area contributed by atoms with Crippen LogP contribution in [0.25, 0.3) is 27.0 Å². The van der Waals surface area contributed by atoms with Crippen LogP contribution in [0.3, 0.4) is 0 Å². The summed E-state index contributed by atoms with van der Waals surface area (Å²) in [6, 6.07) is 19.1. The molecule has 0 aliphatic carbocycles. The second kappa shape index (κ2) is 10.8. The maximum Gasteiger partial charge on any atom is 0.340 e. The lowest BCUT2D eigenvalue weighted by Crippen LogP contribution is -2.22. The molecule has 3 heterocycles. The number of hydrogen-bond donors (Lipinski definition) is 1. The normalized spacial score (nSPS) is 11.1. The predicted octanol–water partition coefficient (Wildman–Crippen LogP) is 6.21. The molecule has 5 aromatic rings. The molecule has 0 unspecified atom stereocenters. The number of aryl methyl sites for hydroxylation is 1. The van der Waals surface area contributed by atoms with Crippen LogP contribution >= 0.6 is 23.1 Å². The third-order valence-corrected chi connectivity index (χ3v) is 8.02. The molecule has 0 aliphatic heterocycles. The number of ketones is 1. The van der Waals surface area contributed by atoms with Gasteiger partial charge >= 0.3 is 5.97 Å². The quantitative estimate of drug-likeness (QED) is 0.108. The zero-order valence-corrected chi connectivity index (χ0v) is 22.7. The van der Waals surface area contributed by atoms with Crippen LogP contribution in [0.5, 0.6) is 0 Å². The fraction of sp³-hybridized carbons (Fsp3) is 0.172. The van der Waals surface area contributed by atoms with E-state index in [9.17, 15) is 14.4 Å². The first-order chi connectivity index (χ1) is 18.4. The summed E-state index contributed by atoms with van der Waals surface area (Å²) in [4.78, 5) is 48.0. The Hall–Kier alpha value is -3.95. The summed E-state index contributed by atoms with van der Waals surface area (Å²) in [5.41, 5.74) is 4.15. The molecule has 1 N–H and O–H groups in total. The van der Waals surface area contributed by atoms with Crippen molar-refractivity contribution in [2.45, 2.75) is 25.9 Å². The number of Topliss-reactive ketones (excluding diaryl/α,β-unsaturated/α-hetero) is 1. The number of carbonyl (C=O) groups excluding carboxylic acids is 2. The fourth-order valence-corrected chi connectivity index (χ4v) is 6.32. The van der Waals surface area contributed by atoms with Crippen LogP contribution in [0.1, 0.15) is 39.0 Å². The third-order valence-electron chi connectivity index (χ3n) is 6.20. The number of H-pyrrole nitrogens is 1. The van der Waals surface area contributed by atoms with Gasteiger partial charge in [-0.1, -0.05) is 60.3 Å². The van der Waals surface area contributed by atoms with E-state index in [1.165, 1.54) is 23.1 Å². The first-order valence-electron chi connectivity index (χ1n) is 12.1. The maximum atomic E-state index is 13.9. The van der Waals surface area contributed by atoms with Gasteiger partial charge in [-0.15, -0.1) is 11.3 Å². The van der Waals surface area contributed by atoms with Gasteiger partial charge in [-0.25, -0.2) is 9.78 Å². The molecule has 192 valence electrons. The average molecular weight is 544 g/mol. The van der Waals surface area contributed by atoms with Crippen LogP contribution in [-0.2, 0) is 4.74 Å². The number of hydrogen-bond acceptors (Lipinski definition) is 7. The Morgan fingerprint density at radius 1 is 1.05 bits per heavy atom. The Kier molecular flexibility index (Phi) is 7.31. The van der Waals surface area contributed by atoms with Crippen molar-refractivity contribution < 1.29 is 14.3 Å². The first-order valence-corrected chi connectivity index (χ1v) is 13.9. The summed E-state index contributed by atoms with van der Waals surface area (Å²) < 4.78 is 6.71. The Balaban J connectivity index is 1.54. The molecule has 9 heteroatoms. The van der Waals surface area contributed by atoms with Gasteiger partial charge in [0.05, 0.1) is 34.7 Å². The largest absolute Gasteiger partial charge is 0.462 e. The minimum Gasteiger partial charge on any atom is -0.462 e. The van der Waals surface area contributed by atoms with E-state index in [1.807, 2.05) is 66.0 Å². The number of thioether (sulfide) groups is 1. The van der Waals surface area contributed by atoms with Gasteiger partial charge in [-0.3, -0.25) is 14.2 Å². The molecule has 0 atom stereocenters. The van der Waals surface area contributed by atoms with Crippen molar-refractivity contribution in [3.05, 3.63) is 98.9 Å². The van der Waals surface area contributed by atoms with Gasteiger partial charge in [0.15, 0.2) is 10.9 Å². The summed E-state index contributed by atoms with van der Waals surface area (Å²) in [5.74, 6) is -0.622. The van der Waals surface area contributed by atoms with Crippen LogP contribution in [0.15, 0.2) is 76.0 Å². The van der Waals surface area contributed by atoms with Crippen molar-refractivity contribution in [2.75, 3.05) is 12.4 Å². The topological polar surface area (TPSA) is 94.1 Å². The number of nitrogens with zero attached hydrogens (tertiary/aromatic N) is 2. The van der Waals surface area contributed by atoms with E-state index < -0.39 is 5.97 Å². The Labute approximate surface area is 227 Å². The van der Waals surface area contributed by atoms with Gasteiger partial charge in [0, 0.05) is 16.6 Å². The number of para-hydroxylation sites is 1. The van der Waals surface area contributed by atoms with Crippen molar-refractivity contribution in [3.63, 3.8) is 0 Å². The van der Waals surface area contributed by atoms with Crippen LogP contribution < -0.4 is 5.56 Å². The van der Waals surface area contributed by atoms with E-state index in [0.29, 0.717) is 43.6 Å². The van der Waals surface area contributed by atoms with Gasteiger partial charge in [-0.2, -0.15) is 0 Å². The van der Waals surface area contributed by atoms with Crippen LogP contribution in [0.4, 0.5) is 0 Å². The minimum absolute atomic E-state index is 0.0325. The molecule has 0 bridgehead atoms. The van der Waals surface area contributed by atoms with Crippen LogP contribution in [0, 0.1) is 13.8 Å². The monoisotopic (exact) mass is 543 g/mol. The highest BCUT2D eigenvalue weighted by molar-refractivity contribution is 7.99. The van der Waals surface area contributed by atoms with E-state index in [2.05, 4.69) is 4.98 Å². The third kappa shape index (κ3) is 4.70. The molecule has 0 saturated carbocycles. The average Bonchev–Trinajstić information content (AvgIpc) is 3.49. The number of aromatic nitrogens is 3.